The smallest absolute Gasteiger partial charge is 0.338 e. The number of allylic oxidation sites excluding steroid dienone is 1. The number of para-hydroxylation sites is 1. The third-order valence-electron chi connectivity index (χ3n) is 6.39. The van der Waals surface area contributed by atoms with Gasteiger partial charge in [-0.3, -0.25) is 9.36 Å². The van der Waals surface area contributed by atoms with Crippen LogP contribution in [-0.4, -0.2) is 34.3 Å². The molecule has 2 aromatic heterocycles. The van der Waals surface area contributed by atoms with Gasteiger partial charge in [-0.2, -0.15) is 0 Å². The standard InChI is InChI=1S/C31H28N2O7S/c1-5-38-30(37)26-18(4)32-31-33(27(26)22-11-6-7-12-24(22)39-17(2)3)28(34)25(41-31)16-21-13-14-23(40-21)19-9-8-10-20(15-19)29(35)36/h6-17,27H,5H2,1-4H3,(H,35,36)/b25-16-/t27-/m0/s1. The highest BCUT2D eigenvalue weighted by Gasteiger charge is 2.35. The Morgan fingerprint density at radius 2 is 1.93 bits per heavy atom. The van der Waals surface area contributed by atoms with Gasteiger partial charge in [-0.05, 0) is 58.0 Å². The summed E-state index contributed by atoms with van der Waals surface area (Å²) in [5.74, 6) is -0.158. The van der Waals surface area contributed by atoms with Crippen LogP contribution < -0.4 is 19.6 Å². The number of benzene rings is 2. The number of hydrogen-bond donors (Lipinski definition) is 1. The van der Waals surface area contributed by atoms with E-state index in [2.05, 4.69) is 4.99 Å². The zero-order valence-electron chi connectivity index (χ0n) is 22.9. The number of esters is 1. The van der Waals surface area contributed by atoms with E-state index < -0.39 is 18.0 Å². The Morgan fingerprint density at radius 3 is 2.66 bits per heavy atom. The summed E-state index contributed by atoms with van der Waals surface area (Å²) in [6, 6.07) is 16.4. The van der Waals surface area contributed by atoms with Crippen LogP contribution in [-0.2, 0) is 9.53 Å². The molecule has 0 fully saturated rings. The Kier molecular flexibility index (Phi) is 7.76. The van der Waals surface area contributed by atoms with Gasteiger partial charge in [0.15, 0.2) is 4.80 Å². The van der Waals surface area contributed by atoms with Crippen LogP contribution >= 0.6 is 11.3 Å². The van der Waals surface area contributed by atoms with Crippen molar-refractivity contribution in [3.05, 3.63) is 109 Å². The Morgan fingerprint density at radius 1 is 1.15 bits per heavy atom. The van der Waals surface area contributed by atoms with E-state index in [9.17, 15) is 19.5 Å². The monoisotopic (exact) mass is 572 g/mol. The largest absolute Gasteiger partial charge is 0.491 e. The highest BCUT2D eigenvalue weighted by atomic mass is 32.1. The molecule has 0 saturated heterocycles. The predicted octanol–water partition coefficient (Wildman–Crippen LogP) is 4.54. The van der Waals surface area contributed by atoms with E-state index in [0.29, 0.717) is 43.4 Å². The van der Waals surface area contributed by atoms with Gasteiger partial charge in [0.2, 0.25) is 0 Å². The lowest BCUT2D eigenvalue weighted by molar-refractivity contribution is -0.139. The molecule has 1 atom stereocenters. The minimum absolute atomic E-state index is 0.132. The van der Waals surface area contributed by atoms with E-state index in [1.165, 1.54) is 28.0 Å². The van der Waals surface area contributed by atoms with Crippen LogP contribution in [0.2, 0.25) is 0 Å². The Hall–Kier alpha value is -4.70. The number of carboxylic acid groups (broad SMARTS) is 1. The van der Waals surface area contributed by atoms with Gasteiger partial charge in [0.05, 0.1) is 34.1 Å². The number of carbonyl (C=O) groups excluding carboxylic acids is 1. The maximum atomic E-state index is 13.9. The molecule has 41 heavy (non-hydrogen) atoms. The molecule has 4 aromatic rings. The van der Waals surface area contributed by atoms with Crippen molar-refractivity contribution >= 4 is 29.4 Å². The normalized spacial score (nSPS) is 15.0. The van der Waals surface area contributed by atoms with Crippen molar-refractivity contribution in [2.45, 2.75) is 39.8 Å². The van der Waals surface area contributed by atoms with Crippen molar-refractivity contribution in [1.29, 1.82) is 0 Å². The number of ether oxygens (including phenoxy) is 2. The van der Waals surface area contributed by atoms with Crippen molar-refractivity contribution in [1.82, 2.24) is 4.57 Å². The topological polar surface area (TPSA) is 120 Å². The molecule has 0 spiro atoms. The summed E-state index contributed by atoms with van der Waals surface area (Å²) in [6.45, 7) is 7.44. The summed E-state index contributed by atoms with van der Waals surface area (Å²) in [4.78, 5) is 43.5. The molecule has 5 rings (SSSR count). The van der Waals surface area contributed by atoms with E-state index in [-0.39, 0.29) is 29.4 Å². The van der Waals surface area contributed by atoms with Gasteiger partial charge in [-0.1, -0.05) is 41.7 Å². The number of furan rings is 1. The number of hydrogen-bond acceptors (Lipinski definition) is 8. The average molecular weight is 573 g/mol. The van der Waals surface area contributed by atoms with Crippen molar-refractivity contribution in [2.24, 2.45) is 4.99 Å². The second-order valence-corrected chi connectivity index (χ2v) is 10.6. The lowest BCUT2D eigenvalue weighted by atomic mass is 9.95. The van der Waals surface area contributed by atoms with Gasteiger partial charge in [0.25, 0.3) is 5.56 Å². The minimum Gasteiger partial charge on any atom is -0.491 e. The molecule has 3 heterocycles. The molecule has 0 radical (unpaired) electrons. The molecule has 0 unspecified atom stereocenters. The Bertz CT molecular complexity index is 1860. The molecular formula is C31H28N2O7S. The van der Waals surface area contributed by atoms with Gasteiger partial charge in [0, 0.05) is 17.2 Å². The van der Waals surface area contributed by atoms with E-state index in [4.69, 9.17) is 13.9 Å². The van der Waals surface area contributed by atoms with E-state index in [1.807, 2.05) is 38.1 Å². The summed E-state index contributed by atoms with van der Waals surface area (Å²) >= 11 is 1.18. The fraction of sp³-hybridized carbons (Fsp3) is 0.226. The highest BCUT2D eigenvalue weighted by molar-refractivity contribution is 7.07. The minimum atomic E-state index is -1.04. The fourth-order valence-corrected chi connectivity index (χ4v) is 5.70. The average Bonchev–Trinajstić information content (AvgIpc) is 3.52. The first-order valence-electron chi connectivity index (χ1n) is 13.1. The van der Waals surface area contributed by atoms with Gasteiger partial charge >= 0.3 is 11.9 Å². The lowest BCUT2D eigenvalue weighted by Crippen LogP contribution is -2.40. The first kappa shape index (κ1) is 27.9. The van der Waals surface area contributed by atoms with Crippen molar-refractivity contribution < 1.29 is 28.6 Å². The van der Waals surface area contributed by atoms with Gasteiger partial charge in [-0.15, -0.1) is 0 Å². The number of carboxylic acids is 1. The molecule has 1 N–H and O–H groups in total. The van der Waals surface area contributed by atoms with Crippen molar-refractivity contribution in [2.75, 3.05) is 6.61 Å². The van der Waals surface area contributed by atoms with Crippen LogP contribution in [0.1, 0.15) is 55.4 Å². The number of rotatable bonds is 8. The number of carbonyl (C=O) groups is 2. The molecule has 1 aliphatic heterocycles. The molecule has 0 saturated carbocycles. The zero-order chi connectivity index (χ0) is 29.3. The zero-order valence-corrected chi connectivity index (χ0v) is 23.7. The number of thiazole rings is 1. The van der Waals surface area contributed by atoms with Crippen molar-refractivity contribution in [3.8, 4) is 17.1 Å². The number of nitrogens with zero attached hydrogens (tertiary/aromatic N) is 2. The number of aromatic carboxylic acids is 1. The van der Waals surface area contributed by atoms with Gasteiger partial charge in [0.1, 0.15) is 23.3 Å². The Balaban J connectivity index is 1.64. The third-order valence-corrected chi connectivity index (χ3v) is 7.37. The van der Waals surface area contributed by atoms with Crippen LogP contribution in [0.15, 0.2) is 86.1 Å². The molecule has 1 aliphatic rings. The quantitative estimate of drug-likeness (QED) is 0.308. The molecule has 210 valence electrons. The van der Waals surface area contributed by atoms with Gasteiger partial charge in [-0.25, -0.2) is 14.6 Å². The molecular weight excluding hydrogens is 544 g/mol. The second kappa shape index (κ2) is 11.4. The predicted molar refractivity (Wildman–Crippen MR) is 154 cm³/mol. The van der Waals surface area contributed by atoms with E-state index >= 15 is 0 Å². The summed E-state index contributed by atoms with van der Waals surface area (Å²) in [7, 11) is 0. The van der Waals surface area contributed by atoms with Crippen molar-refractivity contribution in [3.63, 3.8) is 0 Å². The molecule has 0 aliphatic carbocycles. The van der Waals surface area contributed by atoms with E-state index in [0.717, 1.165) is 0 Å². The second-order valence-electron chi connectivity index (χ2n) is 9.59. The van der Waals surface area contributed by atoms with E-state index in [1.54, 1.807) is 44.2 Å². The third kappa shape index (κ3) is 5.51. The molecule has 10 heteroatoms. The van der Waals surface area contributed by atoms with Crippen LogP contribution in [0.3, 0.4) is 0 Å². The fourth-order valence-electron chi connectivity index (χ4n) is 4.67. The highest BCUT2D eigenvalue weighted by Crippen LogP contribution is 2.36. The first-order chi connectivity index (χ1) is 19.7. The van der Waals surface area contributed by atoms with Crippen LogP contribution in [0, 0.1) is 0 Å². The van der Waals surface area contributed by atoms with Crippen LogP contribution in [0.25, 0.3) is 17.4 Å². The molecule has 2 aromatic carbocycles. The number of aromatic nitrogens is 1. The first-order valence-corrected chi connectivity index (χ1v) is 13.9. The number of fused-ring (bicyclic) bond motifs is 1. The lowest BCUT2D eigenvalue weighted by Gasteiger charge is -2.26. The summed E-state index contributed by atoms with van der Waals surface area (Å²) in [5, 5.41) is 9.31. The summed E-state index contributed by atoms with van der Waals surface area (Å²) in [5.41, 5.74) is 1.76. The molecule has 9 nitrogen and oxygen atoms in total. The SMILES string of the molecule is CCOC(=O)C1=C(C)N=c2s/c(=C\c3ccc(-c4cccc(C(=O)O)c4)o3)c(=O)n2[C@H]1c1ccccc1OC(C)C. The van der Waals surface area contributed by atoms with Crippen LogP contribution in [0.5, 0.6) is 5.75 Å². The molecule has 0 bridgehead atoms. The maximum absolute atomic E-state index is 13.9. The van der Waals surface area contributed by atoms with Crippen LogP contribution in [0.4, 0.5) is 0 Å². The maximum Gasteiger partial charge on any atom is 0.338 e. The molecule has 0 amide bonds. The summed E-state index contributed by atoms with van der Waals surface area (Å²) < 4.78 is 19.3. The Labute approximate surface area is 239 Å². The summed E-state index contributed by atoms with van der Waals surface area (Å²) in [6.07, 6.45) is 1.48. The van der Waals surface area contributed by atoms with Gasteiger partial charge < -0.3 is 19.0 Å².